The quantitative estimate of drug-likeness (QED) is 0.923. The van der Waals surface area contributed by atoms with Gasteiger partial charge in [-0.2, -0.15) is 0 Å². The SMILES string of the molecule is CCNC(=O)C(C)N1CCN(c2ccc(Cl)cc2)CC1. The van der Waals surface area contributed by atoms with E-state index in [1.807, 2.05) is 38.1 Å². The number of rotatable bonds is 4. The van der Waals surface area contributed by atoms with Crippen LogP contribution in [0.5, 0.6) is 0 Å². The molecule has 1 aromatic rings. The molecular weight excluding hydrogens is 274 g/mol. The molecule has 1 atom stereocenters. The van der Waals surface area contributed by atoms with E-state index in [0.717, 1.165) is 31.2 Å². The highest BCUT2D eigenvalue weighted by Gasteiger charge is 2.25. The van der Waals surface area contributed by atoms with Crippen molar-refractivity contribution < 1.29 is 4.79 Å². The standard InChI is InChI=1S/C15H22ClN3O/c1-3-17-15(20)12(2)18-8-10-19(11-9-18)14-6-4-13(16)5-7-14/h4-7,12H,3,8-11H2,1-2H3,(H,17,20). The smallest absolute Gasteiger partial charge is 0.237 e. The molecule has 0 radical (unpaired) electrons. The lowest BCUT2D eigenvalue weighted by molar-refractivity contribution is -0.125. The molecular formula is C15H22ClN3O. The van der Waals surface area contributed by atoms with Crippen LogP contribution in [0.2, 0.25) is 5.02 Å². The molecule has 4 nitrogen and oxygen atoms in total. The number of nitrogens with zero attached hydrogens (tertiary/aromatic N) is 2. The predicted molar refractivity (Wildman–Crippen MR) is 83.4 cm³/mol. The van der Waals surface area contributed by atoms with Crippen LogP contribution in [-0.2, 0) is 4.79 Å². The summed E-state index contributed by atoms with van der Waals surface area (Å²) in [5, 5.41) is 3.64. The molecule has 1 unspecified atom stereocenters. The van der Waals surface area contributed by atoms with Gasteiger partial charge in [0.15, 0.2) is 0 Å². The van der Waals surface area contributed by atoms with Crippen LogP contribution in [0, 0.1) is 0 Å². The average molecular weight is 296 g/mol. The third-order valence-electron chi connectivity index (χ3n) is 3.78. The third-order valence-corrected chi connectivity index (χ3v) is 4.04. The summed E-state index contributed by atoms with van der Waals surface area (Å²) < 4.78 is 0. The maximum absolute atomic E-state index is 11.9. The van der Waals surface area contributed by atoms with Crippen molar-refractivity contribution in [3.05, 3.63) is 29.3 Å². The number of carbonyl (C=O) groups is 1. The monoisotopic (exact) mass is 295 g/mol. The van der Waals surface area contributed by atoms with Crippen LogP contribution in [-0.4, -0.2) is 49.6 Å². The molecule has 0 bridgehead atoms. The van der Waals surface area contributed by atoms with Crippen LogP contribution in [0.1, 0.15) is 13.8 Å². The van der Waals surface area contributed by atoms with Crippen LogP contribution in [0.3, 0.4) is 0 Å². The van der Waals surface area contributed by atoms with Gasteiger partial charge in [0.05, 0.1) is 6.04 Å². The van der Waals surface area contributed by atoms with Gasteiger partial charge < -0.3 is 10.2 Å². The second kappa shape index (κ2) is 6.95. The molecule has 1 aromatic carbocycles. The second-order valence-electron chi connectivity index (χ2n) is 5.07. The Balaban J connectivity index is 1.89. The van der Waals surface area contributed by atoms with Gasteiger partial charge in [-0.25, -0.2) is 0 Å². The van der Waals surface area contributed by atoms with Crippen molar-refractivity contribution in [2.75, 3.05) is 37.6 Å². The maximum Gasteiger partial charge on any atom is 0.237 e. The largest absolute Gasteiger partial charge is 0.369 e. The summed E-state index contributed by atoms with van der Waals surface area (Å²) in [7, 11) is 0. The Bertz CT molecular complexity index is 441. The van der Waals surface area contributed by atoms with Crippen LogP contribution in [0.15, 0.2) is 24.3 Å². The van der Waals surface area contributed by atoms with Crippen molar-refractivity contribution in [2.24, 2.45) is 0 Å². The number of likely N-dealkylation sites (N-methyl/N-ethyl adjacent to an activating group) is 1. The third kappa shape index (κ3) is 3.64. The Hall–Kier alpha value is -1.26. The van der Waals surface area contributed by atoms with Crippen molar-refractivity contribution >= 4 is 23.2 Å². The van der Waals surface area contributed by atoms with Gasteiger partial charge in [-0.1, -0.05) is 11.6 Å². The fraction of sp³-hybridized carbons (Fsp3) is 0.533. The van der Waals surface area contributed by atoms with Crippen molar-refractivity contribution in [3.8, 4) is 0 Å². The van der Waals surface area contributed by atoms with E-state index < -0.39 is 0 Å². The number of hydrogen-bond donors (Lipinski definition) is 1. The number of anilines is 1. The lowest BCUT2D eigenvalue weighted by Gasteiger charge is -2.38. The molecule has 1 heterocycles. The summed E-state index contributed by atoms with van der Waals surface area (Å²) >= 11 is 5.91. The van der Waals surface area contributed by atoms with Gasteiger partial charge in [0.2, 0.25) is 5.91 Å². The van der Waals surface area contributed by atoms with Crippen LogP contribution in [0.4, 0.5) is 5.69 Å². The average Bonchev–Trinajstić information content (AvgIpc) is 2.48. The Morgan fingerprint density at radius 3 is 2.40 bits per heavy atom. The van der Waals surface area contributed by atoms with Crippen molar-refractivity contribution in [3.63, 3.8) is 0 Å². The minimum absolute atomic E-state index is 0.0534. The highest BCUT2D eigenvalue weighted by molar-refractivity contribution is 6.30. The van der Waals surface area contributed by atoms with E-state index in [0.29, 0.717) is 6.54 Å². The number of benzene rings is 1. The van der Waals surface area contributed by atoms with E-state index >= 15 is 0 Å². The van der Waals surface area contributed by atoms with E-state index in [4.69, 9.17) is 11.6 Å². The summed E-state index contributed by atoms with van der Waals surface area (Å²) in [6, 6.07) is 7.87. The Morgan fingerprint density at radius 1 is 1.25 bits per heavy atom. The van der Waals surface area contributed by atoms with Crippen molar-refractivity contribution in [1.29, 1.82) is 0 Å². The molecule has 5 heteroatoms. The van der Waals surface area contributed by atoms with E-state index in [1.54, 1.807) is 0 Å². The van der Waals surface area contributed by atoms with Gasteiger partial charge >= 0.3 is 0 Å². The molecule has 1 saturated heterocycles. The topological polar surface area (TPSA) is 35.6 Å². The van der Waals surface area contributed by atoms with Crippen LogP contribution >= 0.6 is 11.6 Å². The first-order valence-corrected chi connectivity index (χ1v) is 7.52. The lowest BCUT2D eigenvalue weighted by Crippen LogP contribution is -2.54. The summed E-state index contributed by atoms with van der Waals surface area (Å²) in [4.78, 5) is 16.4. The summed E-state index contributed by atoms with van der Waals surface area (Å²) in [5.41, 5.74) is 1.19. The number of carbonyl (C=O) groups excluding carboxylic acids is 1. The van der Waals surface area contributed by atoms with E-state index in [-0.39, 0.29) is 11.9 Å². The van der Waals surface area contributed by atoms with Crippen LogP contribution < -0.4 is 10.2 Å². The van der Waals surface area contributed by atoms with Crippen molar-refractivity contribution in [2.45, 2.75) is 19.9 Å². The number of amides is 1. The van der Waals surface area contributed by atoms with Crippen molar-refractivity contribution in [1.82, 2.24) is 10.2 Å². The zero-order valence-corrected chi connectivity index (χ0v) is 12.9. The molecule has 1 aliphatic rings. The van der Waals surface area contributed by atoms with Crippen LogP contribution in [0.25, 0.3) is 0 Å². The molecule has 0 aliphatic carbocycles. The highest BCUT2D eigenvalue weighted by atomic mass is 35.5. The number of nitrogens with one attached hydrogen (secondary N) is 1. The Morgan fingerprint density at radius 2 is 1.85 bits per heavy atom. The minimum atomic E-state index is -0.0534. The zero-order chi connectivity index (χ0) is 14.5. The maximum atomic E-state index is 11.9. The highest BCUT2D eigenvalue weighted by Crippen LogP contribution is 2.20. The fourth-order valence-electron chi connectivity index (χ4n) is 2.51. The normalized spacial score (nSPS) is 17.9. The molecule has 0 saturated carbocycles. The van der Waals surface area contributed by atoms with E-state index in [9.17, 15) is 4.79 Å². The minimum Gasteiger partial charge on any atom is -0.369 e. The fourth-order valence-corrected chi connectivity index (χ4v) is 2.63. The summed E-state index contributed by atoms with van der Waals surface area (Å²) in [5.74, 6) is 0.118. The van der Waals surface area contributed by atoms with Gasteiger partial charge in [-0.05, 0) is 38.1 Å². The first kappa shape index (κ1) is 15.1. The first-order chi connectivity index (χ1) is 9.61. The molecule has 1 amide bonds. The number of halogens is 1. The molecule has 1 fully saturated rings. The van der Waals surface area contributed by atoms with Gasteiger partial charge in [-0.15, -0.1) is 0 Å². The van der Waals surface area contributed by atoms with Gasteiger partial charge in [0.1, 0.15) is 0 Å². The Kier molecular flexibility index (Phi) is 5.26. The Labute approximate surface area is 125 Å². The summed E-state index contributed by atoms with van der Waals surface area (Å²) in [6.45, 7) is 8.29. The van der Waals surface area contributed by atoms with E-state index in [2.05, 4.69) is 15.1 Å². The molecule has 0 aromatic heterocycles. The predicted octanol–water partition coefficient (Wildman–Crippen LogP) is 1.99. The molecule has 2 rings (SSSR count). The molecule has 0 spiro atoms. The second-order valence-corrected chi connectivity index (χ2v) is 5.51. The molecule has 20 heavy (non-hydrogen) atoms. The lowest BCUT2D eigenvalue weighted by atomic mass is 10.2. The molecule has 110 valence electrons. The summed E-state index contributed by atoms with van der Waals surface area (Å²) in [6.07, 6.45) is 0. The zero-order valence-electron chi connectivity index (χ0n) is 12.1. The first-order valence-electron chi connectivity index (χ1n) is 7.14. The van der Waals surface area contributed by atoms with E-state index in [1.165, 1.54) is 5.69 Å². The molecule has 1 N–H and O–H groups in total. The number of hydrogen-bond acceptors (Lipinski definition) is 3. The van der Waals surface area contributed by atoms with Gasteiger partial charge in [0, 0.05) is 43.4 Å². The van der Waals surface area contributed by atoms with Gasteiger partial charge in [-0.3, -0.25) is 9.69 Å². The molecule has 1 aliphatic heterocycles. The van der Waals surface area contributed by atoms with Gasteiger partial charge in [0.25, 0.3) is 0 Å². The number of piperazine rings is 1.